The normalized spacial score (nSPS) is 13.1. The molecule has 20 heavy (non-hydrogen) atoms. The van der Waals surface area contributed by atoms with Gasteiger partial charge < -0.3 is 15.8 Å². The summed E-state index contributed by atoms with van der Waals surface area (Å²) < 4.78 is 41.5. The van der Waals surface area contributed by atoms with Gasteiger partial charge in [-0.25, -0.2) is 4.79 Å². The van der Waals surface area contributed by atoms with Gasteiger partial charge in [0, 0.05) is 6.04 Å². The number of alkyl halides is 3. The lowest BCUT2D eigenvalue weighted by molar-refractivity contribution is -0.136. The van der Waals surface area contributed by atoms with Gasteiger partial charge in [0.1, 0.15) is 9.88 Å². The minimum absolute atomic E-state index is 0.193. The van der Waals surface area contributed by atoms with E-state index in [0.717, 1.165) is 11.3 Å². The van der Waals surface area contributed by atoms with E-state index in [2.05, 4.69) is 10.1 Å². The molecule has 0 saturated heterocycles. The number of nitrogens with two attached hydrogens (primary N) is 1. The topological polar surface area (TPSA) is 64.3 Å². The summed E-state index contributed by atoms with van der Waals surface area (Å²) >= 11 is 2.26. The summed E-state index contributed by atoms with van der Waals surface area (Å²) in [5.41, 5.74) is 6.05. The Labute approximate surface area is 122 Å². The predicted octanol–water partition coefficient (Wildman–Crippen LogP) is 3.59. The standard InChI is InChI=1S/C11H15F3N2O2S2/c1-5(4-11(12,13)14)16-9-7(19-3)6(15)8(20-9)10(17)18-2/h5,16H,4,15H2,1-3H3. The predicted molar refractivity (Wildman–Crippen MR) is 75.6 cm³/mol. The van der Waals surface area contributed by atoms with Gasteiger partial charge in [0.2, 0.25) is 0 Å². The monoisotopic (exact) mass is 328 g/mol. The number of ether oxygens (including phenoxy) is 1. The van der Waals surface area contributed by atoms with E-state index in [1.165, 1.54) is 25.8 Å². The first-order valence-corrected chi connectivity index (χ1v) is 7.61. The zero-order chi connectivity index (χ0) is 15.5. The summed E-state index contributed by atoms with van der Waals surface area (Å²) in [7, 11) is 1.22. The van der Waals surface area contributed by atoms with Crippen LogP contribution in [-0.2, 0) is 4.74 Å². The van der Waals surface area contributed by atoms with Crippen molar-refractivity contribution in [3.8, 4) is 0 Å². The maximum Gasteiger partial charge on any atom is 0.391 e. The van der Waals surface area contributed by atoms with Crippen molar-refractivity contribution in [3.63, 3.8) is 0 Å². The zero-order valence-corrected chi connectivity index (χ0v) is 12.8. The van der Waals surface area contributed by atoms with Gasteiger partial charge in [-0.1, -0.05) is 0 Å². The van der Waals surface area contributed by atoms with Crippen LogP contribution in [0.5, 0.6) is 0 Å². The summed E-state index contributed by atoms with van der Waals surface area (Å²) in [5, 5.41) is 3.20. The van der Waals surface area contributed by atoms with E-state index in [4.69, 9.17) is 5.73 Å². The van der Waals surface area contributed by atoms with Crippen molar-refractivity contribution < 1.29 is 22.7 Å². The molecular weight excluding hydrogens is 313 g/mol. The highest BCUT2D eigenvalue weighted by Crippen LogP contribution is 2.42. The first-order chi connectivity index (χ1) is 9.19. The SMILES string of the molecule is COC(=O)c1sc(NC(C)CC(F)(F)F)c(SC)c1N. The lowest BCUT2D eigenvalue weighted by atomic mass is 10.2. The molecule has 0 aromatic carbocycles. The van der Waals surface area contributed by atoms with Crippen molar-refractivity contribution >= 4 is 39.8 Å². The van der Waals surface area contributed by atoms with Crippen LogP contribution in [0.4, 0.5) is 23.9 Å². The van der Waals surface area contributed by atoms with Gasteiger partial charge >= 0.3 is 12.1 Å². The van der Waals surface area contributed by atoms with Crippen LogP contribution in [0, 0.1) is 0 Å². The molecule has 1 aromatic heterocycles. The molecule has 0 radical (unpaired) electrons. The van der Waals surface area contributed by atoms with Crippen LogP contribution in [-0.4, -0.2) is 31.6 Å². The van der Waals surface area contributed by atoms with Crippen LogP contribution in [0.3, 0.4) is 0 Å². The van der Waals surface area contributed by atoms with E-state index in [0.29, 0.717) is 9.90 Å². The molecule has 0 bridgehead atoms. The number of hydrogen-bond donors (Lipinski definition) is 2. The number of carbonyl (C=O) groups is 1. The number of carbonyl (C=O) groups excluding carboxylic acids is 1. The minimum Gasteiger partial charge on any atom is -0.465 e. The number of hydrogen-bond acceptors (Lipinski definition) is 6. The second-order valence-electron chi connectivity index (χ2n) is 4.06. The molecular formula is C11H15F3N2O2S2. The van der Waals surface area contributed by atoms with Crippen LogP contribution in [0.25, 0.3) is 0 Å². The Bertz CT molecular complexity index is 489. The third-order valence-electron chi connectivity index (χ3n) is 2.39. The van der Waals surface area contributed by atoms with Crippen molar-refractivity contribution in [1.82, 2.24) is 0 Å². The molecule has 0 aliphatic heterocycles. The molecule has 0 spiro atoms. The third kappa shape index (κ3) is 4.20. The molecule has 9 heteroatoms. The average Bonchev–Trinajstić information content (AvgIpc) is 2.62. The fourth-order valence-electron chi connectivity index (χ4n) is 1.59. The van der Waals surface area contributed by atoms with Gasteiger partial charge in [0.25, 0.3) is 0 Å². The lowest BCUT2D eigenvalue weighted by Gasteiger charge is -2.16. The number of rotatable bonds is 5. The van der Waals surface area contributed by atoms with Gasteiger partial charge in [-0.3, -0.25) is 0 Å². The maximum atomic E-state index is 12.3. The van der Waals surface area contributed by atoms with Crippen LogP contribution in [0.1, 0.15) is 23.0 Å². The Hall–Kier alpha value is -1.09. The lowest BCUT2D eigenvalue weighted by Crippen LogP contribution is -2.23. The zero-order valence-electron chi connectivity index (χ0n) is 11.1. The summed E-state index contributed by atoms with van der Waals surface area (Å²) in [4.78, 5) is 12.3. The van der Waals surface area contributed by atoms with Crippen molar-refractivity contribution in [2.24, 2.45) is 0 Å². The highest BCUT2D eigenvalue weighted by atomic mass is 32.2. The fraction of sp³-hybridized carbons (Fsp3) is 0.545. The van der Waals surface area contributed by atoms with Gasteiger partial charge in [-0.2, -0.15) is 13.2 Å². The van der Waals surface area contributed by atoms with Crippen LogP contribution in [0.2, 0.25) is 0 Å². The highest BCUT2D eigenvalue weighted by molar-refractivity contribution is 7.99. The van der Waals surface area contributed by atoms with Crippen molar-refractivity contribution in [1.29, 1.82) is 0 Å². The fourth-order valence-corrected chi connectivity index (χ4v) is 3.64. The van der Waals surface area contributed by atoms with E-state index < -0.39 is 24.6 Å². The van der Waals surface area contributed by atoms with Gasteiger partial charge in [0.05, 0.1) is 24.1 Å². The molecule has 0 aliphatic carbocycles. The van der Waals surface area contributed by atoms with Gasteiger partial charge in [-0.05, 0) is 13.2 Å². The smallest absolute Gasteiger partial charge is 0.391 e. The number of halogens is 3. The number of methoxy groups -OCH3 is 1. The number of esters is 1. The molecule has 1 unspecified atom stereocenters. The van der Waals surface area contributed by atoms with Crippen molar-refractivity contribution in [2.45, 2.75) is 30.5 Å². The quantitative estimate of drug-likeness (QED) is 0.639. The Kier molecular flexibility index (Phi) is 5.58. The number of nitrogen functional groups attached to an aromatic ring is 1. The Morgan fingerprint density at radius 3 is 2.60 bits per heavy atom. The molecule has 1 heterocycles. The molecule has 0 aliphatic rings. The van der Waals surface area contributed by atoms with E-state index in [9.17, 15) is 18.0 Å². The van der Waals surface area contributed by atoms with Crippen LogP contribution < -0.4 is 11.1 Å². The van der Waals surface area contributed by atoms with E-state index in [-0.39, 0.29) is 10.6 Å². The van der Waals surface area contributed by atoms with Crippen LogP contribution in [0.15, 0.2) is 4.90 Å². The van der Waals surface area contributed by atoms with Crippen LogP contribution >= 0.6 is 23.1 Å². The molecule has 1 atom stereocenters. The second-order valence-corrected chi connectivity index (χ2v) is 5.90. The third-order valence-corrected chi connectivity index (χ3v) is 4.47. The Balaban J connectivity index is 2.98. The van der Waals surface area contributed by atoms with Gasteiger partial charge in [0.15, 0.2) is 0 Å². The molecule has 0 amide bonds. The number of nitrogens with one attached hydrogen (secondary N) is 1. The average molecular weight is 328 g/mol. The Morgan fingerprint density at radius 1 is 1.55 bits per heavy atom. The summed E-state index contributed by atoms with van der Waals surface area (Å²) in [6, 6.07) is -0.815. The van der Waals surface area contributed by atoms with E-state index >= 15 is 0 Å². The molecule has 0 fully saturated rings. The molecule has 0 saturated carbocycles. The van der Waals surface area contributed by atoms with E-state index in [1.54, 1.807) is 6.26 Å². The summed E-state index contributed by atoms with van der Waals surface area (Å²) in [6.45, 7) is 1.42. The minimum atomic E-state index is -4.25. The molecule has 1 aromatic rings. The summed E-state index contributed by atoms with van der Waals surface area (Å²) in [6.07, 6.45) is -3.48. The number of thiophene rings is 1. The molecule has 4 nitrogen and oxygen atoms in total. The Morgan fingerprint density at radius 2 is 2.15 bits per heavy atom. The van der Waals surface area contributed by atoms with Gasteiger partial charge in [-0.15, -0.1) is 23.1 Å². The van der Waals surface area contributed by atoms with E-state index in [1.807, 2.05) is 0 Å². The second kappa shape index (κ2) is 6.57. The van der Waals surface area contributed by atoms with Crippen molar-refractivity contribution in [2.75, 3.05) is 24.4 Å². The first-order valence-electron chi connectivity index (χ1n) is 5.57. The number of thioether (sulfide) groups is 1. The molecule has 114 valence electrons. The highest BCUT2D eigenvalue weighted by Gasteiger charge is 2.31. The van der Waals surface area contributed by atoms with Crippen molar-refractivity contribution in [3.05, 3.63) is 4.88 Å². The molecule has 1 rings (SSSR count). The first kappa shape index (κ1) is 17.0. The summed E-state index contributed by atoms with van der Waals surface area (Å²) in [5.74, 6) is -0.598. The largest absolute Gasteiger partial charge is 0.465 e. The maximum absolute atomic E-state index is 12.3. The molecule has 3 N–H and O–H groups in total. The number of anilines is 2.